The number of likely N-dealkylation sites (tertiary alicyclic amines) is 1. The van der Waals surface area contributed by atoms with Gasteiger partial charge in [-0.2, -0.15) is 0 Å². The second-order valence-corrected chi connectivity index (χ2v) is 5.57. The van der Waals surface area contributed by atoms with Crippen LogP contribution in [0.5, 0.6) is 0 Å². The van der Waals surface area contributed by atoms with Gasteiger partial charge >= 0.3 is 5.97 Å². The van der Waals surface area contributed by atoms with E-state index in [4.69, 9.17) is 9.84 Å². The minimum atomic E-state index is -0.699. The van der Waals surface area contributed by atoms with E-state index in [0.717, 1.165) is 45.3 Å². The summed E-state index contributed by atoms with van der Waals surface area (Å²) in [6.45, 7) is 6.75. The van der Waals surface area contributed by atoms with E-state index in [2.05, 4.69) is 4.90 Å². The maximum atomic E-state index is 11.0. The van der Waals surface area contributed by atoms with Gasteiger partial charge in [-0.3, -0.25) is 4.79 Å². The summed E-state index contributed by atoms with van der Waals surface area (Å²) in [4.78, 5) is 13.4. The summed E-state index contributed by atoms with van der Waals surface area (Å²) in [6.07, 6.45) is 4.31. The van der Waals surface area contributed by atoms with Crippen molar-refractivity contribution in [2.24, 2.45) is 5.41 Å². The monoisotopic (exact) mass is 243 g/mol. The third-order valence-corrected chi connectivity index (χ3v) is 3.72. The number of rotatable bonds is 6. The van der Waals surface area contributed by atoms with E-state index < -0.39 is 11.4 Å². The van der Waals surface area contributed by atoms with E-state index in [9.17, 15) is 4.79 Å². The lowest BCUT2D eigenvalue weighted by Gasteiger charge is -2.31. The van der Waals surface area contributed by atoms with Crippen LogP contribution in [-0.4, -0.2) is 48.8 Å². The molecule has 1 aliphatic rings. The molecular weight excluding hydrogens is 218 g/mol. The molecule has 0 saturated carbocycles. The van der Waals surface area contributed by atoms with Gasteiger partial charge in [0, 0.05) is 20.2 Å². The second kappa shape index (κ2) is 6.36. The van der Waals surface area contributed by atoms with Crippen molar-refractivity contribution in [1.29, 1.82) is 0 Å². The van der Waals surface area contributed by atoms with Crippen LogP contribution in [-0.2, 0) is 9.53 Å². The van der Waals surface area contributed by atoms with Crippen molar-refractivity contribution in [1.82, 2.24) is 4.90 Å². The fourth-order valence-electron chi connectivity index (χ4n) is 2.22. The summed E-state index contributed by atoms with van der Waals surface area (Å²) >= 11 is 0. The molecular formula is C13H25NO3. The van der Waals surface area contributed by atoms with Crippen LogP contribution in [0.15, 0.2) is 0 Å². The maximum Gasteiger partial charge on any atom is 0.309 e. The molecule has 0 aliphatic carbocycles. The van der Waals surface area contributed by atoms with Crippen LogP contribution < -0.4 is 0 Å². The number of aliphatic carboxylic acids is 1. The van der Waals surface area contributed by atoms with Crippen molar-refractivity contribution in [3.05, 3.63) is 0 Å². The van der Waals surface area contributed by atoms with Crippen LogP contribution in [0.1, 0.15) is 39.5 Å². The molecule has 1 aliphatic heterocycles. The Hall–Kier alpha value is -0.610. The molecule has 1 fully saturated rings. The van der Waals surface area contributed by atoms with Crippen molar-refractivity contribution in [2.45, 2.75) is 45.6 Å². The lowest BCUT2D eigenvalue weighted by Crippen LogP contribution is -2.37. The fraction of sp³-hybridized carbons (Fsp3) is 0.923. The van der Waals surface area contributed by atoms with Crippen molar-refractivity contribution < 1.29 is 14.6 Å². The molecule has 4 heteroatoms. The highest BCUT2D eigenvalue weighted by Crippen LogP contribution is 2.23. The van der Waals surface area contributed by atoms with Gasteiger partial charge in [-0.1, -0.05) is 0 Å². The summed E-state index contributed by atoms with van der Waals surface area (Å²) in [6, 6.07) is 0. The minimum Gasteiger partial charge on any atom is -0.481 e. The van der Waals surface area contributed by atoms with Gasteiger partial charge in [0.25, 0.3) is 0 Å². The molecule has 0 bridgehead atoms. The summed E-state index contributed by atoms with van der Waals surface area (Å²) in [5, 5.41) is 9.01. The van der Waals surface area contributed by atoms with Crippen LogP contribution in [0.4, 0.5) is 0 Å². The largest absolute Gasteiger partial charge is 0.481 e. The van der Waals surface area contributed by atoms with Gasteiger partial charge in [-0.15, -0.1) is 0 Å². The molecule has 1 N–H and O–H groups in total. The Kier molecular flexibility index (Phi) is 5.40. The first-order valence-electron chi connectivity index (χ1n) is 6.44. The number of carboxylic acid groups (broad SMARTS) is 1. The smallest absolute Gasteiger partial charge is 0.309 e. The molecule has 0 amide bonds. The average Bonchev–Trinajstić information content (AvgIpc) is 2.29. The summed E-state index contributed by atoms with van der Waals surface area (Å²) < 4.78 is 5.33. The highest BCUT2D eigenvalue weighted by Gasteiger charge is 2.27. The molecule has 0 aromatic heterocycles. The molecule has 17 heavy (non-hydrogen) atoms. The molecule has 100 valence electrons. The van der Waals surface area contributed by atoms with E-state index >= 15 is 0 Å². The average molecular weight is 243 g/mol. The first kappa shape index (κ1) is 14.5. The topological polar surface area (TPSA) is 49.8 Å². The Morgan fingerprint density at radius 3 is 2.47 bits per heavy atom. The Morgan fingerprint density at radius 1 is 1.41 bits per heavy atom. The Bertz CT molecular complexity index is 245. The van der Waals surface area contributed by atoms with Gasteiger partial charge < -0.3 is 14.7 Å². The van der Waals surface area contributed by atoms with Gasteiger partial charge in [0.1, 0.15) is 0 Å². The molecule has 4 nitrogen and oxygen atoms in total. The van der Waals surface area contributed by atoms with Crippen molar-refractivity contribution in [3.8, 4) is 0 Å². The third-order valence-electron chi connectivity index (χ3n) is 3.72. The Labute approximate surface area is 104 Å². The van der Waals surface area contributed by atoms with Crippen LogP contribution in [0.3, 0.4) is 0 Å². The summed E-state index contributed by atoms with van der Waals surface area (Å²) in [7, 11) is 1.77. The Morgan fingerprint density at radius 2 is 2.00 bits per heavy atom. The molecule has 0 radical (unpaired) electrons. The fourth-order valence-corrected chi connectivity index (χ4v) is 2.22. The van der Waals surface area contributed by atoms with Gasteiger partial charge in [-0.25, -0.2) is 0 Å². The SMILES string of the molecule is COC1CCN(CCCC(C)(C)C(=O)O)CC1. The lowest BCUT2D eigenvalue weighted by molar-refractivity contribution is -0.147. The molecule has 0 spiro atoms. The number of hydrogen-bond acceptors (Lipinski definition) is 3. The van der Waals surface area contributed by atoms with Crippen molar-refractivity contribution in [2.75, 3.05) is 26.7 Å². The van der Waals surface area contributed by atoms with E-state index in [1.807, 2.05) is 0 Å². The number of piperidine rings is 1. The van der Waals surface area contributed by atoms with E-state index in [1.165, 1.54) is 0 Å². The third kappa shape index (κ3) is 4.64. The van der Waals surface area contributed by atoms with Crippen molar-refractivity contribution in [3.63, 3.8) is 0 Å². The van der Waals surface area contributed by atoms with Crippen molar-refractivity contribution >= 4 is 5.97 Å². The maximum absolute atomic E-state index is 11.0. The number of carbonyl (C=O) groups is 1. The molecule has 0 unspecified atom stereocenters. The minimum absolute atomic E-state index is 0.418. The quantitative estimate of drug-likeness (QED) is 0.775. The Balaban J connectivity index is 2.18. The van der Waals surface area contributed by atoms with E-state index in [0.29, 0.717) is 6.10 Å². The first-order chi connectivity index (χ1) is 7.95. The predicted molar refractivity (Wildman–Crippen MR) is 67.1 cm³/mol. The first-order valence-corrected chi connectivity index (χ1v) is 6.44. The van der Waals surface area contributed by atoms with Gasteiger partial charge in [0.05, 0.1) is 11.5 Å². The summed E-state index contributed by atoms with van der Waals surface area (Å²) in [5.74, 6) is -0.699. The van der Waals surface area contributed by atoms with Crippen LogP contribution in [0.25, 0.3) is 0 Å². The summed E-state index contributed by atoms with van der Waals surface area (Å²) in [5.41, 5.74) is -0.592. The van der Waals surface area contributed by atoms with E-state index in [1.54, 1.807) is 21.0 Å². The highest BCUT2D eigenvalue weighted by atomic mass is 16.5. The molecule has 1 rings (SSSR count). The zero-order valence-corrected chi connectivity index (χ0v) is 11.2. The lowest BCUT2D eigenvalue weighted by atomic mass is 9.88. The molecule has 0 aromatic rings. The molecule has 0 aromatic carbocycles. The second-order valence-electron chi connectivity index (χ2n) is 5.57. The standard InChI is InChI=1S/C13H25NO3/c1-13(2,12(15)16)7-4-8-14-9-5-11(17-3)6-10-14/h11H,4-10H2,1-3H3,(H,15,16). The number of hydrogen-bond donors (Lipinski definition) is 1. The van der Waals surface area contributed by atoms with Gasteiger partial charge in [0.2, 0.25) is 0 Å². The normalized spacial score (nSPS) is 19.5. The molecule has 1 heterocycles. The van der Waals surface area contributed by atoms with Crippen LogP contribution >= 0.6 is 0 Å². The number of nitrogens with zero attached hydrogens (tertiary/aromatic N) is 1. The van der Waals surface area contributed by atoms with Gasteiger partial charge in [0.15, 0.2) is 0 Å². The van der Waals surface area contributed by atoms with Gasteiger partial charge in [-0.05, 0) is 46.1 Å². The zero-order valence-electron chi connectivity index (χ0n) is 11.2. The zero-order chi connectivity index (χ0) is 12.9. The van der Waals surface area contributed by atoms with E-state index in [-0.39, 0.29) is 0 Å². The molecule has 0 atom stereocenters. The number of methoxy groups -OCH3 is 1. The van der Waals surface area contributed by atoms with Crippen LogP contribution in [0.2, 0.25) is 0 Å². The number of carboxylic acids is 1. The predicted octanol–water partition coefficient (Wildman–Crippen LogP) is 1.99. The molecule has 1 saturated heterocycles. The van der Waals surface area contributed by atoms with Crippen LogP contribution in [0, 0.1) is 5.41 Å². The highest BCUT2D eigenvalue weighted by molar-refractivity contribution is 5.73. The number of ether oxygens (including phenoxy) is 1.